The maximum atomic E-state index is 11.4. The topological polar surface area (TPSA) is 55.4 Å². The van der Waals surface area contributed by atoms with Gasteiger partial charge in [0.15, 0.2) is 9.84 Å². The van der Waals surface area contributed by atoms with Crippen molar-refractivity contribution >= 4 is 9.84 Å². The van der Waals surface area contributed by atoms with Crippen molar-refractivity contribution in [2.75, 3.05) is 31.8 Å². The summed E-state index contributed by atoms with van der Waals surface area (Å²) in [6.45, 7) is 3.82. The average Bonchev–Trinajstić information content (AvgIpc) is 2.59. The minimum Gasteiger partial charge on any atom is -0.385 e. The molecule has 0 spiro atoms. The van der Waals surface area contributed by atoms with Crippen LogP contribution in [-0.4, -0.2) is 46.2 Å². The summed E-state index contributed by atoms with van der Waals surface area (Å²) in [5.41, 5.74) is 0. The monoisotopic (exact) mass is 263 g/mol. The highest BCUT2D eigenvalue weighted by molar-refractivity contribution is 7.91. The lowest BCUT2D eigenvalue weighted by atomic mass is 9.96. The Balaban J connectivity index is 2.33. The van der Waals surface area contributed by atoms with Crippen LogP contribution in [0.25, 0.3) is 0 Å². The minimum atomic E-state index is -2.73. The van der Waals surface area contributed by atoms with Crippen LogP contribution in [0.2, 0.25) is 0 Å². The molecule has 5 heteroatoms. The van der Waals surface area contributed by atoms with Gasteiger partial charge >= 0.3 is 0 Å². The highest BCUT2D eigenvalue weighted by Gasteiger charge is 2.29. The van der Waals surface area contributed by atoms with Gasteiger partial charge in [-0.2, -0.15) is 0 Å². The van der Waals surface area contributed by atoms with Gasteiger partial charge in [-0.05, 0) is 38.1 Å². The Hall–Kier alpha value is -0.130. The largest absolute Gasteiger partial charge is 0.385 e. The number of ether oxygens (including phenoxy) is 1. The van der Waals surface area contributed by atoms with Gasteiger partial charge in [-0.25, -0.2) is 8.42 Å². The molecule has 1 aliphatic heterocycles. The summed E-state index contributed by atoms with van der Waals surface area (Å²) in [7, 11) is -1.02. The van der Waals surface area contributed by atoms with Gasteiger partial charge in [-0.3, -0.25) is 0 Å². The molecule has 2 atom stereocenters. The third-order valence-electron chi connectivity index (χ3n) is 3.34. The van der Waals surface area contributed by atoms with Crippen LogP contribution >= 0.6 is 0 Å². The van der Waals surface area contributed by atoms with Crippen molar-refractivity contribution < 1.29 is 13.2 Å². The predicted octanol–water partition coefficient (Wildman–Crippen LogP) is 1.22. The predicted molar refractivity (Wildman–Crippen MR) is 70.0 cm³/mol. The Morgan fingerprint density at radius 3 is 2.76 bits per heavy atom. The van der Waals surface area contributed by atoms with E-state index in [-0.39, 0.29) is 0 Å². The van der Waals surface area contributed by atoms with Crippen molar-refractivity contribution in [2.24, 2.45) is 5.92 Å². The van der Waals surface area contributed by atoms with Gasteiger partial charge < -0.3 is 10.1 Å². The molecule has 102 valence electrons. The van der Waals surface area contributed by atoms with E-state index < -0.39 is 9.84 Å². The molecule has 17 heavy (non-hydrogen) atoms. The van der Waals surface area contributed by atoms with Crippen LogP contribution in [0, 0.1) is 5.92 Å². The van der Waals surface area contributed by atoms with E-state index >= 15 is 0 Å². The molecule has 1 heterocycles. The average molecular weight is 263 g/mol. The SMILES string of the molecule is CCNC(CCCOC)CC1CCS(=O)(=O)C1. The first kappa shape index (κ1) is 14.9. The smallest absolute Gasteiger partial charge is 0.150 e. The second-order valence-corrected chi connectivity index (χ2v) is 7.12. The van der Waals surface area contributed by atoms with Gasteiger partial charge in [-0.1, -0.05) is 6.92 Å². The van der Waals surface area contributed by atoms with Crippen LogP contribution in [-0.2, 0) is 14.6 Å². The summed E-state index contributed by atoms with van der Waals surface area (Å²) >= 11 is 0. The van der Waals surface area contributed by atoms with E-state index in [1.807, 2.05) is 0 Å². The number of sulfone groups is 1. The van der Waals surface area contributed by atoms with E-state index in [1.165, 1.54) is 0 Å². The second-order valence-electron chi connectivity index (χ2n) is 4.89. The molecule has 0 aromatic rings. The van der Waals surface area contributed by atoms with Crippen LogP contribution < -0.4 is 5.32 Å². The molecule has 0 aliphatic carbocycles. The number of hydrogen-bond acceptors (Lipinski definition) is 4. The lowest BCUT2D eigenvalue weighted by molar-refractivity contribution is 0.187. The summed E-state index contributed by atoms with van der Waals surface area (Å²) in [4.78, 5) is 0. The van der Waals surface area contributed by atoms with Crippen LogP contribution in [0.4, 0.5) is 0 Å². The molecule has 1 fully saturated rings. The number of hydrogen-bond donors (Lipinski definition) is 1. The molecule has 1 N–H and O–H groups in total. The van der Waals surface area contributed by atoms with E-state index in [4.69, 9.17) is 4.74 Å². The minimum absolute atomic E-state index is 0.353. The van der Waals surface area contributed by atoms with Gasteiger partial charge in [0.25, 0.3) is 0 Å². The van der Waals surface area contributed by atoms with Crippen LogP contribution in [0.3, 0.4) is 0 Å². The zero-order chi connectivity index (χ0) is 12.7. The van der Waals surface area contributed by atoms with Crippen LogP contribution in [0.15, 0.2) is 0 Å². The fraction of sp³-hybridized carbons (Fsp3) is 1.00. The van der Waals surface area contributed by atoms with Gasteiger partial charge in [0.2, 0.25) is 0 Å². The third-order valence-corrected chi connectivity index (χ3v) is 5.18. The van der Waals surface area contributed by atoms with Crippen molar-refractivity contribution in [1.82, 2.24) is 5.32 Å². The van der Waals surface area contributed by atoms with E-state index in [1.54, 1.807) is 7.11 Å². The van der Waals surface area contributed by atoms with Crippen molar-refractivity contribution in [2.45, 2.75) is 38.6 Å². The summed E-state index contributed by atoms with van der Waals surface area (Å²) in [6.07, 6.45) is 3.93. The van der Waals surface area contributed by atoms with Gasteiger partial charge in [0.05, 0.1) is 11.5 Å². The first-order valence-corrected chi connectivity index (χ1v) is 8.32. The molecule has 1 rings (SSSR count). The number of rotatable bonds is 8. The lowest BCUT2D eigenvalue weighted by Crippen LogP contribution is -2.31. The van der Waals surface area contributed by atoms with Crippen LogP contribution in [0.1, 0.15) is 32.6 Å². The molecular weight excluding hydrogens is 238 g/mol. The Morgan fingerprint density at radius 1 is 1.47 bits per heavy atom. The first-order valence-electron chi connectivity index (χ1n) is 6.50. The molecule has 4 nitrogen and oxygen atoms in total. The standard InChI is InChI=1S/C12H25NO3S/c1-3-13-12(5-4-7-16-2)9-11-6-8-17(14,15)10-11/h11-13H,3-10H2,1-2H3. The molecule has 0 bridgehead atoms. The summed E-state index contributed by atoms with van der Waals surface area (Å²) in [6, 6.07) is 0.438. The molecule has 1 aliphatic rings. The van der Waals surface area contributed by atoms with Gasteiger partial charge in [-0.15, -0.1) is 0 Å². The fourth-order valence-corrected chi connectivity index (χ4v) is 4.41. The summed E-state index contributed by atoms with van der Waals surface area (Å²) in [5, 5.41) is 3.45. The normalized spacial score (nSPS) is 24.9. The molecule has 0 radical (unpaired) electrons. The van der Waals surface area contributed by atoms with E-state index in [0.717, 1.165) is 38.8 Å². The molecule has 0 aromatic carbocycles. The van der Waals surface area contributed by atoms with E-state index in [2.05, 4.69) is 12.2 Å². The van der Waals surface area contributed by atoms with Crippen molar-refractivity contribution in [1.29, 1.82) is 0 Å². The molecule has 1 saturated heterocycles. The second kappa shape index (κ2) is 7.34. The number of methoxy groups -OCH3 is 1. The first-order chi connectivity index (χ1) is 8.07. The molecule has 0 aromatic heterocycles. The summed E-state index contributed by atoms with van der Waals surface area (Å²) < 4.78 is 27.9. The third kappa shape index (κ3) is 5.84. The lowest BCUT2D eigenvalue weighted by Gasteiger charge is -2.20. The Labute approximate surface area is 105 Å². The summed E-state index contributed by atoms with van der Waals surface area (Å²) in [5.74, 6) is 1.12. The van der Waals surface area contributed by atoms with Crippen LogP contribution in [0.5, 0.6) is 0 Å². The zero-order valence-corrected chi connectivity index (χ0v) is 11.8. The van der Waals surface area contributed by atoms with E-state index in [9.17, 15) is 8.42 Å². The Kier molecular flexibility index (Phi) is 6.44. The highest BCUT2D eigenvalue weighted by Crippen LogP contribution is 2.24. The molecule has 0 amide bonds. The fourth-order valence-electron chi connectivity index (χ4n) is 2.53. The van der Waals surface area contributed by atoms with Crippen molar-refractivity contribution in [3.05, 3.63) is 0 Å². The van der Waals surface area contributed by atoms with Crippen molar-refractivity contribution in [3.63, 3.8) is 0 Å². The van der Waals surface area contributed by atoms with Gasteiger partial charge in [0, 0.05) is 19.8 Å². The Bertz CT molecular complexity index is 303. The van der Waals surface area contributed by atoms with E-state index in [0.29, 0.717) is 23.5 Å². The maximum absolute atomic E-state index is 11.4. The van der Waals surface area contributed by atoms with Crippen molar-refractivity contribution in [3.8, 4) is 0 Å². The Morgan fingerprint density at radius 2 is 2.24 bits per heavy atom. The molecule has 0 saturated carbocycles. The van der Waals surface area contributed by atoms with Gasteiger partial charge in [0.1, 0.15) is 0 Å². The quantitative estimate of drug-likeness (QED) is 0.669. The zero-order valence-electron chi connectivity index (χ0n) is 10.9. The highest BCUT2D eigenvalue weighted by atomic mass is 32.2. The maximum Gasteiger partial charge on any atom is 0.150 e. The molecule has 2 unspecified atom stereocenters. The molecular formula is C12H25NO3S. The number of nitrogens with one attached hydrogen (secondary N) is 1.